The maximum Gasteiger partial charge on any atom is 0.322 e. The molecule has 0 radical (unpaired) electrons. The molecule has 2 aromatic heterocycles. The van der Waals surface area contributed by atoms with E-state index in [0.29, 0.717) is 5.69 Å². The fourth-order valence-electron chi connectivity index (χ4n) is 4.00. The molecule has 0 aliphatic rings. The Labute approximate surface area is 213 Å². The van der Waals surface area contributed by atoms with Gasteiger partial charge in [0.1, 0.15) is 18.6 Å². The van der Waals surface area contributed by atoms with E-state index in [-0.39, 0.29) is 25.2 Å². The van der Waals surface area contributed by atoms with Gasteiger partial charge in [0.05, 0.1) is 12.4 Å². The second-order valence-corrected chi connectivity index (χ2v) is 9.31. The number of imidazole rings is 1. The zero-order valence-corrected chi connectivity index (χ0v) is 20.8. The van der Waals surface area contributed by atoms with Gasteiger partial charge >= 0.3 is 5.97 Å². The number of carbonyl (C=O) groups is 4. The molecule has 3 amide bonds. The van der Waals surface area contributed by atoms with E-state index < -0.39 is 48.4 Å². The van der Waals surface area contributed by atoms with Gasteiger partial charge in [0.2, 0.25) is 17.7 Å². The lowest BCUT2D eigenvalue weighted by atomic mass is 10.0. The number of aromatic nitrogens is 3. The first-order chi connectivity index (χ1) is 17.6. The van der Waals surface area contributed by atoms with Crippen molar-refractivity contribution in [3.05, 3.63) is 54.2 Å². The highest BCUT2D eigenvalue weighted by Gasteiger charge is 2.29. The van der Waals surface area contributed by atoms with E-state index in [1.54, 1.807) is 6.20 Å². The second kappa shape index (κ2) is 12.7. The summed E-state index contributed by atoms with van der Waals surface area (Å²) in [5.41, 5.74) is 8.61. The Bertz CT molecular complexity index is 1220. The molecule has 198 valence electrons. The minimum atomic E-state index is -1.20. The van der Waals surface area contributed by atoms with Gasteiger partial charge < -0.3 is 36.8 Å². The largest absolute Gasteiger partial charge is 0.480 e. The Morgan fingerprint density at radius 3 is 2.41 bits per heavy atom. The van der Waals surface area contributed by atoms with Gasteiger partial charge in [0.25, 0.3) is 0 Å². The minimum Gasteiger partial charge on any atom is -0.480 e. The van der Waals surface area contributed by atoms with E-state index >= 15 is 0 Å². The van der Waals surface area contributed by atoms with E-state index in [0.717, 1.165) is 16.5 Å². The van der Waals surface area contributed by atoms with Crippen LogP contribution in [0.25, 0.3) is 10.9 Å². The predicted octanol–water partition coefficient (Wildman–Crippen LogP) is 0.220. The number of amides is 3. The molecular weight excluding hydrogens is 478 g/mol. The van der Waals surface area contributed by atoms with Crippen LogP contribution in [0.3, 0.4) is 0 Å². The summed E-state index contributed by atoms with van der Waals surface area (Å²) in [5, 5.41) is 17.5. The van der Waals surface area contributed by atoms with Crippen molar-refractivity contribution in [2.75, 3.05) is 6.54 Å². The molecule has 1 aromatic carbocycles. The average molecular weight is 512 g/mol. The lowest BCUT2D eigenvalue weighted by Crippen LogP contribution is -2.57. The number of nitrogens with zero attached hydrogens (tertiary/aromatic N) is 1. The molecule has 0 saturated heterocycles. The van der Waals surface area contributed by atoms with E-state index in [9.17, 15) is 19.2 Å². The van der Waals surface area contributed by atoms with E-state index in [1.165, 1.54) is 12.5 Å². The van der Waals surface area contributed by atoms with E-state index in [2.05, 4.69) is 30.9 Å². The number of nitrogens with two attached hydrogens (primary N) is 1. The van der Waals surface area contributed by atoms with Gasteiger partial charge in [-0.1, -0.05) is 32.0 Å². The normalized spacial score (nSPS) is 13.6. The Morgan fingerprint density at radius 2 is 1.73 bits per heavy atom. The molecule has 8 N–H and O–H groups in total. The third kappa shape index (κ3) is 7.90. The van der Waals surface area contributed by atoms with Crippen LogP contribution < -0.4 is 21.7 Å². The Balaban J connectivity index is 1.72. The molecule has 3 aromatic rings. The maximum absolute atomic E-state index is 13.3. The molecule has 0 aliphatic carbocycles. The highest BCUT2D eigenvalue weighted by Crippen LogP contribution is 2.19. The number of aromatic amines is 2. The number of hydrogen-bond acceptors (Lipinski definition) is 6. The summed E-state index contributed by atoms with van der Waals surface area (Å²) < 4.78 is 0. The molecule has 0 bridgehead atoms. The van der Waals surface area contributed by atoms with Crippen molar-refractivity contribution in [1.29, 1.82) is 0 Å². The van der Waals surface area contributed by atoms with Gasteiger partial charge in [-0.25, -0.2) is 4.98 Å². The molecule has 3 atom stereocenters. The van der Waals surface area contributed by atoms with Crippen LogP contribution in [0.4, 0.5) is 0 Å². The summed E-state index contributed by atoms with van der Waals surface area (Å²) in [5.74, 6) is -2.91. The van der Waals surface area contributed by atoms with Gasteiger partial charge in [-0.2, -0.15) is 0 Å². The quantitative estimate of drug-likeness (QED) is 0.170. The number of carboxylic acids is 1. The summed E-state index contributed by atoms with van der Waals surface area (Å²) >= 11 is 0. The van der Waals surface area contributed by atoms with Gasteiger partial charge in [-0.15, -0.1) is 0 Å². The van der Waals surface area contributed by atoms with Crippen LogP contribution in [0.2, 0.25) is 0 Å². The van der Waals surface area contributed by atoms with Crippen molar-refractivity contribution < 1.29 is 24.3 Å². The monoisotopic (exact) mass is 511 g/mol. The molecule has 37 heavy (non-hydrogen) atoms. The standard InChI is InChI=1S/C25H33N7O5/c1-14(2)7-20(24(36)29-12-22(33)34)32-25(37)21(9-16-11-27-13-30-16)31-23(35)18(26)8-15-10-28-19-6-4-3-5-17(15)19/h3-6,10-11,13-14,18,20-21,28H,7-9,12,26H2,1-2H3,(H,27,30)(H,29,36)(H,31,35)(H,32,37)(H,33,34). The predicted molar refractivity (Wildman–Crippen MR) is 136 cm³/mol. The van der Waals surface area contributed by atoms with Crippen LogP contribution in [0, 0.1) is 5.92 Å². The highest BCUT2D eigenvalue weighted by molar-refractivity contribution is 5.94. The first-order valence-electron chi connectivity index (χ1n) is 12.0. The van der Waals surface area contributed by atoms with Crippen LogP contribution in [0.5, 0.6) is 0 Å². The summed E-state index contributed by atoms with van der Waals surface area (Å²) in [4.78, 5) is 59.7. The number of rotatable bonds is 13. The number of H-pyrrole nitrogens is 2. The van der Waals surface area contributed by atoms with Crippen molar-refractivity contribution in [3.63, 3.8) is 0 Å². The summed E-state index contributed by atoms with van der Waals surface area (Å²) in [6, 6.07) is 4.71. The van der Waals surface area contributed by atoms with Gasteiger partial charge in [-0.05, 0) is 30.4 Å². The summed E-state index contributed by atoms with van der Waals surface area (Å²) in [6.45, 7) is 3.18. The Morgan fingerprint density at radius 1 is 1.00 bits per heavy atom. The zero-order chi connectivity index (χ0) is 26.9. The number of hydrogen-bond donors (Lipinski definition) is 7. The van der Waals surface area contributed by atoms with Crippen LogP contribution >= 0.6 is 0 Å². The lowest BCUT2D eigenvalue weighted by molar-refractivity contribution is -0.138. The van der Waals surface area contributed by atoms with E-state index in [1.807, 2.05) is 38.1 Å². The van der Waals surface area contributed by atoms with Crippen molar-refractivity contribution in [3.8, 4) is 0 Å². The molecule has 0 aliphatic heterocycles. The lowest BCUT2D eigenvalue weighted by Gasteiger charge is -2.24. The molecule has 12 nitrogen and oxygen atoms in total. The van der Waals surface area contributed by atoms with Crippen LogP contribution in [0.15, 0.2) is 43.0 Å². The third-order valence-corrected chi connectivity index (χ3v) is 5.82. The van der Waals surface area contributed by atoms with Crippen LogP contribution in [-0.4, -0.2) is 68.4 Å². The fourth-order valence-corrected chi connectivity index (χ4v) is 4.00. The zero-order valence-electron chi connectivity index (χ0n) is 20.8. The first-order valence-corrected chi connectivity index (χ1v) is 12.0. The number of carboxylic acid groups (broad SMARTS) is 1. The van der Waals surface area contributed by atoms with Crippen LogP contribution in [0.1, 0.15) is 31.5 Å². The molecule has 0 saturated carbocycles. The highest BCUT2D eigenvalue weighted by atomic mass is 16.4. The maximum atomic E-state index is 13.3. The fraction of sp³-hybridized carbons (Fsp3) is 0.400. The molecule has 3 unspecified atom stereocenters. The van der Waals surface area contributed by atoms with Gasteiger partial charge in [0.15, 0.2) is 0 Å². The van der Waals surface area contributed by atoms with Crippen molar-refractivity contribution in [2.45, 2.75) is 51.2 Å². The molecule has 12 heteroatoms. The van der Waals surface area contributed by atoms with Crippen molar-refractivity contribution in [1.82, 2.24) is 30.9 Å². The smallest absolute Gasteiger partial charge is 0.322 e. The van der Waals surface area contributed by atoms with Crippen LogP contribution in [-0.2, 0) is 32.0 Å². The average Bonchev–Trinajstić information content (AvgIpc) is 3.51. The molecule has 3 rings (SSSR count). The number of aliphatic carboxylic acids is 1. The SMILES string of the molecule is CC(C)CC(NC(=O)C(Cc1cnc[nH]1)NC(=O)C(N)Cc1c[nH]c2ccccc12)C(=O)NCC(=O)O. The molecular formula is C25H33N7O5. The summed E-state index contributed by atoms with van der Waals surface area (Å²) in [7, 11) is 0. The molecule has 0 fully saturated rings. The van der Waals surface area contributed by atoms with Gasteiger partial charge in [-0.3, -0.25) is 19.2 Å². The number of nitrogens with one attached hydrogen (secondary N) is 5. The van der Waals surface area contributed by atoms with Crippen molar-refractivity contribution >= 4 is 34.6 Å². The second-order valence-electron chi connectivity index (χ2n) is 9.31. The molecule has 2 heterocycles. The van der Waals surface area contributed by atoms with Crippen molar-refractivity contribution in [2.24, 2.45) is 11.7 Å². The van der Waals surface area contributed by atoms with E-state index in [4.69, 9.17) is 10.8 Å². The Kier molecular flexibility index (Phi) is 9.39. The first kappa shape index (κ1) is 27.4. The minimum absolute atomic E-state index is 0.0334. The number of benzene rings is 1. The number of fused-ring (bicyclic) bond motifs is 1. The molecule has 0 spiro atoms. The number of para-hydroxylation sites is 1. The van der Waals surface area contributed by atoms with Gasteiger partial charge in [0, 0.05) is 35.4 Å². The third-order valence-electron chi connectivity index (χ3n) is 5.82. The summed E-state index contributed by atoms with van der Waals surface area (Å²) in [6.07, 6.45) is 5.41. The Hall–Kier alpha value is -4.19. The topological polar surface area (TPSA) is 195 Å². The number of carbonyl (C=O) groups excluding carboxylic acids is 3.